The van der Waals surface area contributed by atoms with Crippen LogP contribution in [0.1, 0.15) is 5.56 Å². The Balaban J connectivity index is 1.60. The van der Waals surface area contributed by atoms with Crippen LogP contribution in [0.15, 0.2) is 77.9 Å². The summed E-state index contributed by atoms with van der Waals surface area (Å²) in [5, 5.41) is 4.04. The zero-order chi connectivity index (χ0) is 20.4. The minimum atomic E-state index is -0.332. The Bertz CT molecular complexity index is 1250. The van der Waals surface area contributed by atoms with E-state index in [0.717, 1.165) is 5.39 Å². The molecular formula is C22H17ClFN3O2. The van der Waals surface area contributed by atoms with Crippen LogP contribution in [-0.2, 0) is 17.9 Å². The zero-order valence-corrected chi connectivity index (χ0v) is 16.1. The molecule has 0 aliphatic heterocycles. The minimum absolute atomic E-state index is 0.137. The van der Waals surface area contributed by atoms with Gasteiger partial charge >= 0.3 is 0 Å². The lowest BCUT2D eigenvalue weighted by Crippen LogP contribution is -2.28. The lowest BCUT2D eigenvalue weighted by molar-refractivity contribution is -0.116. The van der Waals surface area contributed by atoms with Gasteiger partial charge in [-0.2, -0.15) is 0 Å². The van der Waals surface area contributed by atoms with E-state index in [1.165, 1.54) is 10.6 Å². The molecule has 0 bridgehead atoms. The van der Waals surface area contributed by atoms with E-state index < -0.39 is 0 Å². The Morgan fingerprint density at radius 3 is 2.38 bits per heavy atom. The van der Waals surface area contributed by atoms with Gasteiger partial charge in [0, 0.05) is 34.1 Å². The first-order valence-corrected chi connectivity index (χ1v) is 9.36. The van der Waals surface area contributed by atoms with Crippen LogP contribution in [0.3, 0.4) is 0 Å². The maximum Gasteiger partial charge on any atom is 0.275 e. The molecule has 0 radical (unpaired) electrons. The molecule has 0 fully saturated rings. The molecule has 0 spiro atoms. The Morgan fingerprint density at radius 2 is 1.66 bits per heavy atom. The molecule has 0 unspecified atom stereocenters. The van der Waals surface area contributed by atoms with E-state index in [2.05, 4.69) is 5.32 Å². The maximum atomic E-state index is 14.0. The number of benzene rings is 2. The predicted molar refractivity (Wildman–Crippen MR) is 112 cm³/mol. The highest BCUT2D eigenvalue weighted by molar-refractivity contribution is 6.30. The van der Waals surface area contributed by atoms with Crippen molar-refractivity contribution in [2.75, 3.05) is 5.32 Å². The fourth-order valence-corrected chi connectivity index (χ4v) is 3.33. The molecule has 1 N–H and O–H groups in total. The van der Waals surface area contributed by atoms with Crippen molar-refractivity contribution < 1.29 is 9.18 Å². The molecular weight excluding hydrogens is 393 g/mol. The summed E-state index contributed by atoms with van der Waals surface area (Å²) in [4.78, 5) is 25.3. The van der Waals surface area contributed by atoms with Crippen LogP contribution < -0.4 is 10.9 Å². The number of aromatic nitrogens is 2. The molecule has 2 aromatic heterocycles. The van der Waals surface area contributed by atoms with Crippen molar-refractivity contribution in [1.29, 1.82) is 0 Å². The van der Waals surface area contributed by atoms with Crippen molar-refractivity contribution in [2.24, 2.45) is 0 Å². The van der Waals surface area contributed by atoms with Crippen LogP contribution in [0.5, 0.6) is 0 Å². The van der Waals surface area contributed by atoms with Gasteiger partial charge in [-0.3, -0.25) is 9.59 Å². The number of nitrogens with one attached hydrogen (secondary N) is 1. The first kappa shape index (κ1) is 19.0. The summed E-state index contributed by atoms with van der Waals surface area (Å²) in [5.74, 6) is -0.658. The van der Waals surface area contributed by atoms with Crippen molar-refractivity contribution in [3.8, 4) is 0 Å². The average Bonchev–Trinajstić information content (AvgIpc) is 3.11. The molecule has 2 heterocycles. The van der Waals surface area contributed by atoms with E-state index in [1.54, 1.807) is 71.6 Å². The van der Waals surface area contributed by atoms with Crippen molar-refractivity contribution in [3.05, 3.63) is 99.8 Å². The van der Waals surface area contributed by atoms with Gasteiger partial charge in [0.1, 0.15) is 17.9 Å². The molecule has 5 nitrogen and oxygen atoms in total. The standard InChI is InChI=1S/C22H17ClFN3O2/c23-17-5-7-18(8-6-17)25-20(28)14-27-12-10-15-9-11-26(21(15)22(27)29)13-16-3-1-2-4-19(16)24/h1-12H,13-14H2,(H,25,28). The molecule has 0 saturated heterocycles. The van der Waals surface area contributed by atoms with Gasteiger partial charge in [0.2, 0.25) is 5.91 Å². The van der Waals surface area contributed by atoms with Crippen LogP contribution in [-0.4, -0.2) is 15.0 Å². The van der Waals surface area contributed by atoms with Gasteiger partial charge in [0.15, 0.2) is 0 Å². The number of hydrogen-bond acceptors (Lipinski definition) is 2. The van der Waals surface area contributed by atoms with Crippen molar-refractivity contribution in [2.45, 2.75) is 13.1 Å². The van der Waals surface area contributed by atoms with E-state index in [0.29, 0.717) is 21.8 Å². The summed E-state index contributed by atoms with van der Waals surface area (Å²) in [6, 6.07) is 16.7. The summed E-state index contributed by atoms with van der Waals surface area (Å²) in [6.45, 7) is 0.0919. The number of fused-ring (bicyclic) bond motifs is 1. The highest BCUT2D eigenvalue weighted by Crippen LogP contribution is 2.16. The van der Waals surface area contributed by atoms with Gasteiger partial charge in [0.05, 0.1) is 6.54 Å². The molecule has 146 valence electrons. The highest BCUT2D eigenvalue weighted by Gasteiger charge is 2.12. The van der Waals surface area contributed by atoms with Crippen LogP contribution in [0.4, 0.5) is 10.1 Å². The third-order valence-electron chi connectivity index (χ3n) is 4.63. The van der Waals surface area contributed by atoms with Gasteiger partial charge in [-0.05, 0) is 42.5 Å². The molecule has 4 rings (SSSR count). The zero-order valence-electron chi connectivity index (χ0n) is 15.3. The summed E-state index contributed by atoms with van der Waals surface area (Å²) in [5.41, 5.74) is 1.20. The average molecular weight is 410 g/mol. The lowest BCUT2D eigenvalue weighted by atomic mass is 10.2. The van der Waals surface area contributed by atoms with Crippen molar-refractivity contribution in [1.82, 2.24) is 9.13 Å². The lowest BCUT2D eigenvalue weighted by Gasteiger charge is -2.10. The number of halogens is 2. The molecule has 0 aliphatic carbocycles. The summed E-state index contributed by atoms with van der Waals surface area (Å²) >= 11 is 5.84. The Kier molecular flexibility index (Phi) is 5.18. The third-order valence-corrected chi connectivity index (χ3v) is 4.88. The van der Waals surface area contributed by atoms with Gasteiger partial charge in [-0.15, -0.1) is 0 Å². The fourth-order valence-electron chi connectivity index (χ4n) is 3.20. The van der Waals surface area contributed by atoms with Gasteiger partial charge in [-0.1, -0.05) is 29.8 Å². The first-order chi connectivity index (χ1) is 14.0. The topological polar surface area (TPSA) is 56.0 Å². The van der Waals surface area contributed by atoms with Gasteiger partial charge in [0.25, 0.3) is 5.56 Å². The molecule has 1 amide bonds. The highest BCUT2D eigenvalue weighted by atomic mass is 35.5. The molecule has 0 atom stereocenters. The SMILES string of the molecule is O=C(Cn1ccc2ccn(Cc3ccccc3F)c2c1=O)Nc1ccc(Cl)cc1. The maximum absolute atomic E-state index is 14.0. The van der Waals surface area contributed by atoms with E-state index in [4.69, 9.17) is 11.6 Å². The van der Waals surface area contributed by atoms with Crippen LogP contribution in [0, 0.1) is 5.82 Å². The van der Waals surface area contributed by atoms with E-state index >= 15 is 0 Å². The van der Waals surface area contributed by atoms with E-state index in [1.807, 2.05) is 0 Å². The smallest absolute Gasteiger partial charge is 0.275 e. The Hall–Kier alpha value is -3.38. The number of pyridine rings is 1. The first-order valence-electron chi connectivity index (χ1n) is 8.98. The second kappa shape index (κ2) is 7.93. The Morgan fingerprint density at radius 1 is 0.966 bits per heavy atom. The Labute approximate surface area is 171 Å². The van der Waals surface area contributed by atoms with Gasteiger partial charge in [-0.25, -0.2) is 4.39 Å². The third kappa shape index (κ3) is 4.07. The van der Waals surface area contributed by atoms with Crippen molar-refractivity contribution in [3.63, 3.8) is 0 Å². The van der Waals surface area contributed by atoms with E-state index in [9.17, 15) is 14.0 Å². The van der Waals surface area contributed by atoms with E-state index in [-0.39, 0.29) is 30.4 Å². The molecule has 7 heteroatoms. The summed E-state index contributed by atoms with van der Waals surface area (Å²) in [6.07, 6.45) is 3.33. The van der Waals surface area contributed by atoms with Crippen molar-refractivity contribution >= 4 is 34.1 Å². The molecule has 0 saturated carbocycles. The second-order valence-corrected chi connectivity index (χ2v) is 7.08. The normalized spacial score (nSPS) is 11.0. The second-order valence-electron chi connectivity index (χ2n) is 6.64. The number of hydrogen-bond donors (Lipinski definition) is 1. The summed E-state index contributed by atoms with van der Waals surface area (Å²) < 4.78 is 17.0. The number of amides is 1. The van der Waals surface area contributed by atoms with Gasteiger partial charge < -0.3 is 14.5 Å². The van der Waals surface area contributed by atoms with Crippen LogP contribution >= 0.6 is 11.6 Å². The molecule has 4 aromatic rings. The number of carbonyl (C=O) groups is 1. The number of rotatable bonds is 5. The molecule has 0 aliphatic rings. The summed E-state index contributed by atoms with van der Waals surface area (Å²) in [7, 11) is 0. The number of carbonyl (C=O) groups excluding carboxylic acids is 1. The largest absolute Gasteiger partial charge is 0.338 e. The fraction of sp³-hybridized carbons (Fsp3) is 0.0909. The number of nitrogens with zero attached hydrogens (tertiary/aromatic N) is 2. The molecule has 2 aromatic carbocycles. The monoisotopic (exact) mass is 409 g/mol. The quantitative estimate of drug-likeness (QED) is 0.534. The van der Waals surface area contributed by atoms with Crippen LogP contribution in [0.25, 0.3) is 10.9 Å². The number of anilines is 1. The predicted octanol–water partition coefficient (Wildman–Crippen LogP) is 4.28. The molecule has 29 heavy (non-hydrogen) atoms. The van der Waals surface area contributed by atoms with Crippen LogP contribution in [0.2, 0.25) is 5.02 Å². The minimum Gasteiger partial charge on any atom is -0.338 e.